The van der Waals surface area contributed by atoms with Crippen LogP contribution in [0.3, 0.4) is 0 Å². The third-order valence-electron chi connectivity index (χ3n) is 3.78. The number of piperidine rings is 1. The molecule has 2 rings (SSSR count). The first-order valence-electron chi connectivity index (χ1n) is 7.22. The predicted molar refractivity (Wildman–Crippen MR) is 79.3 cm³/mol. The molecule has 0 atom stereocenters. The van der Waals surface area contributed by atoms with Gasteiger partial charge in [0.15, 0.2) is 0 Å². The number of nitrogens with one attached hydrogen (secondary N) is 1. The van der Waals surface area contributed by atoms with Crippen molar-refractivity contribution in [1.82, 2.24) is 4.90 Å². The van der Waals surface area contributed by atoms with Crippen LogP contribution in [0.2, 0.25) is 0 Å². The highest BCUT2D eigenvalue weighted by Gasteiger charge is 2.19. The number of benzene rings is 1. The molecule has 3 heteroatoms. The van der Waals surface area contributed by atoms with Gasteiger partial charge in [-0.25, -0.2) is 0 Å². The molecule has 0 amide bonds. The maximum atomic E-state index is 9.15. The lowest BCUT2D eigenvalue weighted by atomic mass is 10.0. The number of hydrogen-bond acceptors (Lipinski definition) is 3. The zero-order chi connectivity index (χ0) is 13.7. The fraction of sp³-hybridized carbons (Fsp3) is 0.562. The maximum absolute atomic E-state index is 9.15. The van der Waals surface area contributed by atoms with Crippen molar-refractivity contribution in [2.75, 3.05) is 25.0 Å². The molecule has 0 radical (unpaired) electrons. The molecule has 1 N–H and O–H groups in total. The number of rotatable bonds is 4. The predicted octanol–water partition coefficient (Wildman–Crippen LogP) is 3.15. The lowest BCUT2D eigenvalue weighted by Crippen LogP contribution is -2.39. The van der Waals surface area contributed by atoms with E-state index in [0.29, 0.717) is 6.04 Å². The van der Waals surface area contributed by atoms with E-state index in [0.717, 1.165) is 11.3 Å². The summed E-state index contributed by atoms with van der Waals surface area (Å²) < 4.78 is 0. The van der Waals surface area contributed by atoms with E-state index in [-0.39, 0.29) is 0 Å². The Morgan fingerprint density at radius 3 is 2.74 bits per heavy atom. The van der Waals surface area contributed by atoms with Gasteiger partial charge in [-0.15, -0.1) is 0 Å². The second-order valence-corrected chi connectivity index (χ2v) is 5.42. The van der Waals surface area contributed by atoms with E-state index in [4.69, 9.17) is 5.26 Å². The minimum atomic E-state index is 0.502. The maximum Gasteiger partial charge on any atom is 0.101 e. The third kappa shape index (κ3) is 3.71. The third-order valence-corrected chi connectivity index (χ3v) is 3.78. The van der Waals surface area contributed by atoms with Gasteiger partial charge in [0.1, 0.15) is 6.07 Å². The lowest BCUT2D eigenvalue weighted by molar-refractivity contribution is 0.219. The molecule has 1 aliphatic heterocycles. The van der Waals surface area contributed by atoms with E-state index in [2.05, 4.69) is 36.2 Å². The highest BCUT2D eigenvalue weighted by atomic mass is 15.1. The molecule has 1 saturated heterocycles. The number of likely N-dealkylation sites (tertiary alicyclic amines) is 1. The van der Waals surface area contributed by atoms with Gasteiger partial charge in [-0.3, -0.25) is 0 Å². The van der Waals surface area contributed by atoms with Gasteiger partial charge < -0.3 is 10.2 Å². The molecule has 1 aromatic carbocycles. The number of anilines is 1. The Balaban J connectivity index is 1.96. The lowest BCUT2D eigenvalue weighted by Gasteiger charge is -2.32. The zero-order valence-corrected chi connectivity index (χ0v) is 11.9. The fourth-order valence-corrected chi connectivity index (χ4v) is 2.71. The van der Waals surface area contributed by atoms with Crippen molar-refractivity contribution in [3.8, 4) is 6.07 Å². The summed E-state index contributed by atoms with van der Waals surface area (Å²) >= 11 is 0. The SMILES string of the molecule is CCCN1CCC(Nc2cc(C)ccc2C#N)CC1. The van der Waals surface area contributed by atoms with E-state index in [1.54, 1.807) is 0 Å². The van der Waals surface area contributed by atoms with Gasteiger partial charge >= 0.3 is 0 Å². The van der Waals surface area contributed by atoms with Gasteiger partial charge in [-0.1, -0.05) is 13.0 Å². The Bertz CT molecular complexity index is 454. The topological polar surface area (TPSA) is 39.1 Å². The number of nitriles is 1. The van der Waals surface area contributed by atoms with E-state index in [9.17, 15) is 0 Å². The monoisotopic (exact) mass is 257 g/mol. The quantitative estimate of drug-likeness (QED) is 0.900. The molecular weight excluding hydrogens is 234 g/mol. The van der Waals surface area contributed by atoms with Crippen molar-refractivity contribution >= 4 is 5.69 Å². The van der Waals surface area contributed by atoms with Crippen LogP contribution in [0, 0.1) is 18.3 Å². The van der Waals surface area contributed by atoms with Crippen LogP contribution >= 0.6 is 0 Å². The van der Waals surface area contributed by atoms with Gasteiger partial charge in [0.05, 0.1) is 11.3 Å². The first-order valence-corrected chi connectivity index (χ1v) is 7.22. The summed E-state index contributed by atoms with van der Waals surface area (Å²) in [5, 5.41) is 12.7. The normalized spacial score (nSPS) is 17.1. The van der Waals surface area contributed by atoms with Gasteiger partial charge in [0, 0.05) is 19.1 Å². The molecule has 1 aromatic rings. The second kappa shape index (κ2) is 6.58. The molecule has 1 heterocycles. The molecule has 0 unspecified atom stereocenters. The van der Waals surface area contributed by atoms with E-state index in [1.807, 2.05) is 12.1 Å². The molecule has 3 nitrogen and oxygen atoms in total. The smallest absolute Gasteiger partial charge is 0.101 e. The molecular formula is C16H23N3. The van der Waals surface area contributed by atoms with Gasteiger partial charge in [-0.2, -0.15) is 5.26 Å². The van der Waals surface area contributed by atoms with Crippen LogP contribution in [0.15, 0.2) is 18.2 Å². The minimum absolute atomic E-state index is 0.502. The number of aryl methyl sites for hydroxylation is 1. The van der Waals surface area contributed by atoms with Crippen LogP contribution in [0.1, 0.15) is 37.3 Å². The van der Waals surface area contributed by atoms with Crippen LogP contribution in [-0.4, -0.2) is 30.6 Å². The molecule has 1 fully saturated rings. The van der Waals surface area contributed by atoms with Crippen molar-refractivity contribution in [3.63, 3.8) is 0 Å². The Morgan fingerprint density at radius 1 is 1.37 bits per heavy atom. The van der Waals surface area contributed by atoms with Gasteiger partial charge in [0.2, 0.25) is 0 Å². The summed E-state index contributed by atoms with van der Waals surface area (Å²) in [7, 11) is 0. The number of nitrogens with zero attached hydrogens (tertiary/aromatic N) is 2. The Kier molecular flexibility index (Phi) is 4.81. The summed E-state index contributed by atoms with van der Waals surface area (Å²) in [4.78, 5) is 2.53. The molecule has 0 bridgehead atoms. The highest BCUT2D eigenvalue weighted by Crippen LogP contribution is 2.21. The van der Waals surface area contributed by atoms with E-state index < -0.39 is 0 Å². The van der Waals surface area contributed by atoms with Crippen LogP contribution in [0.25, 0.3) is 0 Å². The number of hydrogen-bond donors (Lipinski definition) is 1. The summed E-state index contributed by atoms with van der Waals surface area (Å²) in [6, 6.07) is 8.75. The summed E-state index contributed by atoms with van der Waals surface area (Å²) in [6.07, 6.45) is 3.56. The van der Waals surface area contributed by atoms with Gasteiger partial charge in [-0.05, 0) is 50.4 Å². The molecule has 0 aromatic heterocycles. The summed E-state index contributed by atoms with van der Waals surface area (Å²) in [5.74, 6) is 0. The Morgan fingerprint density at radius 2 is 2.11 bits per heavy atom. The average molecular weight is 257 g/mol. The standard InChI is InChI=1S/C16H23N3/c1-3-8-19-9-6-15(7-10-19)18-16-11-13(2)4-5-14(16)12-17/h4-5,11,15,18H,3,6-10H2,1-2H3. The minimum Gasteiger partial charge on any atom is -0.381 e. The Labute approximate surface area is 116 Å². The molecule has 0 spiro atoms. The molecule has 19 heavy (non-hydrogen) atoms. The average Bonchev–Trinajstić information content (AvgIpc) is 2.42. The van der Waals surface area contributed by atoms with Gasteiger partial charge in [0.25, 0.3) is 0 Å². The summed E-state index contributed by atoms with van der Waals surface area (Å²) in [6.45, 7) is 7.84. The van der Waals surface area contributed by atoms with Crippen LogP contribution in [0.5, 0.6) is 0 Å². The van der Waals surface area contributed by atoms with Crippen molar-refractivity contribution in [1.29, 1.82) is 5.26 Å². The second-order valence-electron chi connectivity index (χ2n) is 5.42. The molecule has 1 aliphatic rings. The molecule has 0 saturated carbocycles. The summed E-state index contributed by atoms with van der Waals surface area (Å²) in [5.41, 5.74) is 2.95. The largest absolute Gasteiger partial charge is 0.381 e. The van der Waals surface area contributed by atoms with Crippen molar-refractivity contribution in [2.24, 2.45) is 0 Å². The van der Waals surface area contributed by atoms with Crippen LogP contribution in [0.4, 0.5) is 5.69 Å². The van der Waals surface area contributed by atoms with Crippen molar-refractivity contribution in [2.45, 2.75) is 39.2 Å². The van der Waals surface area contributed by atoms with Crippen molar-refractivity contribution in [3.05, 3.63) is 29.3 Å². The first-order chi connectivity index (χ1) is 9.22. The van der Waals surface area contributed by atoms with Crippen LogP contribution in [-0.2, 0) is 0 Å². The van der Waals surface area contributed by atoms with E-state index >= 15 is 0 Å². The highest BCUT2D eigenvalue weighted by molar-refractivity contribution is 5.59. The van der Waals surface area contributed by atoms with Crippen LogP contribution < -0.4 is 5.32 Å². The van der Waals surface area contributed by atoms with E-state index in [1.165, 1.54) is 44.5 Å². The zero-order valence-electron chi connectivity index (χ0n) is 11.9. The molecule has 102 valence electrons. The fourth-order valence-electron chi connectivity index (χ4n) is 2.71. The van der Waals surface area contributed by atoms with Crippen molar-refractivity contribution < 1.29 is 0 Å². The first kappa shape index (κ1) is 13.9. The Hall–Kier alpha value is -1.53. The molecule has 0 aliphatic carbocycles.